The lowest BCUT2D eigenvalue weighted by Crippen LogP contribution is -2.42. The summed E-state index contributed by atoms with van der Waals surface area (Å²) in [7, 11) is 0. The summed E-state index contributed by atoms with van der Waals surface area (Å²) in [6.45, 7) is 4.38. The van der Waals surface area contributed by atoms with Gasteiger partial charge in [0, 0.05) is 19.1 Å². The Bertz CT molecular complexity index is 156. The highest BCUT2D eigenvalue weighted by Gasteiger charge is 2.14. The molecule has 75 valence electrons. The van der Waals surface area contributed by atoms with E-state index in [1.54, 1.807) is 0 Å². The molecule has 1 radical (unpaired) electrons. The smallest absolute Gasteiger partial charge is 0.319 e. The third kappa shape index (κ3) is 4.24. The van der Waals surface area contributed by atoms with E-state index in [-0.39, 0.29) is 5.97 Å². The molecule has 1 aliphatic heterocycles. The molecule has 0 aromatic heterocycles. The van der Waals surface area contributed by atoms with Crippen LogP contribution in [0.1, 0.15) is 19.8 Å². The Kier molecular flexibility index (Phi) is 4.78. The molecular formula is C9H17N2O2. The lowest BCUT2D eigenvalue weighted by atomic mass is 10.1. The monoisotopic (exact) mass is 185 g/mol. The molecule has 1 rings (SSSR count). The summed E-state index contributed by atoms with van der Waals surface area (Å²) in [5.41, 5.74) is 0. The molecule has 1 saturated heterocycles. The van der Waals surface area contributed by atoms with Crippen molar-refractivity contribution in [1.82, 2.24) is 10.6 Å². The lowest BCUT2D eigenvalue weighted by Gasteiger charge is -2.22. The second-order valence-electron chi connectivity index (χ2n) is 3.15. The third-order valence-corrected chi connectivity index (χ3v) is 2.06. The summed E-state index contributed by atoms with van der Waals surface area (Å²) in [4.78, 5) is 11.0. The number of hydrogen-bond acceptors (Lipinski definition) is 3. The molecule has 1 N–H and O–H groups in total. The summed E-state index contributed by atoms with van der Waals surface area (Å²) in [5, 5.41) is 7.41. The highest BCUT2D eigenvalue weighted by Crippen LogP contribution is 2.01. The Morgan fingerprint density at radius 1 is 1.69 bits per heavy atom. The van der Waals surface area contributed by atoms with Gasteiger partial charge in [0.05, 0.1) is 13.2 Å². The molecule has 0 aliphatic carbocycles. The molecule has 4 nitrogen and oxygen atoms in total. The molecule has 1 unspecified atom stereocenters. The van der Waals surface area contributed by atoms with Gasteiger partial charge in [0.15, 0.2) is 0 Å². The molecule has 0 saturated carbocycles. The summed E-state index contributed by atoms with van der Waals surface area (Å²) < 4.78 is 4.80. The summed E-state index contributed by atoms with van der Waals surface area (Å²) in [6, 6.07) is 0.373. The fraction of sp³-hybridized carbons (Fsp3) is 0.889. The van der Waals surface area contributed by atoms with Crippen LogP contribution in [0.4, 0.5) is 0 Å². The number of ether oxygens (including phenoxy) is 1. The average molecular weight is 185 g/mol. The number of rotatable bonds is 4. The minimum atomic E-state index is -0.173. The highest BCUT2D eigenvalue weighted by atomic mass is 16.5. The second-order valence-corrected chi connectivity index (χ2v) is 3.15. The first-order valence-electron chi connectivity index (χ1n) is 4.85. The van der Waals surface area contributed by atoms with Crippen LogP contribution in [0, 0.1) is 0 Å². The number of carbonyl (C=O) groups is 1. The van der Waals surface area contributed by atoms with Gasteiger partial charge in [-0.25, -0.2) is 5.32 Å². The van der Waals surface area contributed by atoms with Gasteiger partial charge in [-0.3, -0.25) is 4.79 Å². The van der Waals surface area contributed by atoms with Crippen molar-refractivity contribution in [3.63, 3.8) is 0 Å². The SMILES string of the molecule is CCOC(=O)CNC1CCC[N]C1. The van der Waals surface area contributed by atoms with Gasteiger partial charge in [-0.1, -0.05) is 0 Å². The molecule has 13 heavy (non-hydrogen) atoms. The molecule has 0 spiro atoms. The fourth-order valence-electron chi connectivity index (χ4n) is 1.39. The van der Waals surface area contributed by atoms with Crippen molar-refractivity contribution in [3.05, 3.63) is 0 Å². The van der Waals surface area contributed by atoms with Crippen LogP contribution in [0.2, 0.25) is 0 Å². The van der Waals surface area contributed by atoms with Crippen LogP contribution in [0.3, 0.4) is 0 Å². The zero-order valence-electron chi connectivity index (χ0n) is 8.08. The standard InChI is InChI=1S/C9H17N2O2/c1-2-13-9(12)7-11-8-4-3-5-10-6-8/h8,11H,2-7H2,1H3. The van der Waals surface area contributed by atoms with Gasteiger partial charge in [-0.2, -0.15) is 0 Å². The molecule has 0 aromatic carbocycles. The topological polar surface area (TPSA) is 52.4 Å². The predicted octanol–water partition coefficient (Wildman–Crippen LogP) is -0.0941. The second kappa shape index (κ2) is 5.94. The minimum absolute atomic E-state index is 0.173. The van der Waals surface area contributed by atoms with E-state index < -0.39 is 0 Å². The Hall–Kier alpha value is -0.610. The molecule has 1 fully saturated rings. The first-order valence-corrected chi connectivity index (χ1v) is 4.85. The van der Waals surface area contributed by atoms with Crippen LogP contribution in [0.25, 0.3) is 0 Å². The number of nitrogens with one attached hydrogen (secondary N) is 1. The fourth-order valence-corrected chi connectivity index (χ4v) is 1.39. The van der Waals surface area contributed by atoms with Crippen LogP contribution >= 0.6 is 0 Å². The largest absolute Gasteiger partial charge is 0.465 e. The Balaban J connectivity index is 2.06. The van der Waals surface area contributed by atoms with E-state index in [4.69, 9.17) is 4.74 Å². The van der Waals surface area contributed by atoms with E-state index in [0.29, 0.717) is 19.2 Å². The van der Waals surface area contributed by atoms with Gasteiger partial charge < -0.3 is 10.1 Å². The van der Waals surface area contributed by atoms with Gasteiger partial charge in [0.25, 0.3) is 0 Å². The summed E-state index contributed by atoms with van der Waals surface area (Å²) in [6.07, 6.45) is 2.24. The minimum Gasteiger partial charge on any atom is -0.465 e. The maximum Gasteiger partial charge on any atom is 0.319 e. The highest BCUT2D eigenvalue weighted by molar-refractivity contribution is 5.71. The van der Waals surface area contributed by atoms with Gasteiger partial charge in [0.1, 0.15) is 0 Å². The van der Waals surface area contributed by atoms with Crippen molar-refractivity contribution < 1.29 is 9.53 Å². The molecule has 0 aromatic rings. The van der Waals surface area contributed by atoms with Crippen molar-refractivity contribution in [2.24, 2.45) is 0 Å². The van der Waals surface area contributed by atoms with Crippen LogP contribution in [0.15, 0.2) is 0 Å². The van der Waals surface area contributed by atoms with Gasteiger partial charge in [-0.15, -0.1) is 0 Å². The number of carbonyl (C=O) groups excluding carboxylic acids is 1. The Morgan fingerprint density at radius 2 is 2.54 bits per heavy atom. The first-order chi connectivity index (χ1) is 6.33. The van der Waals surface area contributed by atoms with Gasteiger partial charge in [-0.05, 0) is 19.8 Å². The van der Waals surface area contributed by atoms with E-state index in [2.05, 4.69) is 10.6 Å². The van der Waals surface area contributed by atoms with Gasteiger partial charge in [0.2, 0.25) is 0 Å². The third-order valence-electron chi connectivity index (χ3n) is 2.06. The molecule has 1 atom stereocenters. The predicted molar refractivity (Wildman–Crippen MR) is 49.5 cm³/mol. The Morgan fingerprint density at radius 3 is 3.15 bits per heavy atom. The van der Waals surface area contributed by atoms with E-state index in [1.165, 1.54) is 0 Å². The number of esters is 1. The molecule has 1 heterocycles. The van der Waals surface area contributed by atoms with Crippen molar-refractivity contribution >= 4 is 5.97 Å². The Labute approximate surface area is 79.0 Å². The van der Waals surface area contributed by atoms with Crippen molar-refractivity contribution in [2.45, 2.75) is 25.8 Å². The van der Waals surface area contributed by atoms with E-state index >= 15 is 0 Å². The maximum absolute atomic E-state index is 11.0. The molecule has 0 bridgehead atoms. The lowest BCUT2D eigenvalue weighted by molar-refractivity contribution is -0.142. The molecule has 4 heteroatoms. The molecule has 1 aliphatic rings. The maximum atomic E-state index is 11.0. The van der Waals surface area contributed by atoms with Gasteiger partial charge >= 0.3 is 5.97 Å². The van der Waals surface area contributed by atoms with Crippen molar-refractivity contribution in [1.29, 1.82) is 0 Å². The number of nitrogens with zero attached hydrogens (tertiary/aromatic N) is 1. The van der Waals surface area contributed by atoms with Crippen molar-refractivity contribution in [3.8, 4) is 0 Å². The van der Waals surface area contributed by atoms with Crippen LogP contribution < -0.4 is 10.6 Å². The average Bonchev–Trinajstić information content (AvgIpc) is 2.17. The van der Waals surface area contributed by atoms with E-state index in [1.807, 2.05) is 6.92 Å². The van der Waals surface area contributed by atoms with E-state index in [0.717, 1.165) is 25.9 Å². The summed E-state index contributed by atoms with van der Waals surface area (Å²) >= 11 is 0. The van der Waals surface area contributed by atoms with Crippen LogP contribution in [-0.2, 0) is 9.53 Å². The van der Waals surface area contributed by atoms with Crippen LogP contribution in [-0.4, -0.2) is 38.3 Å². The number of hydrogen-bond donors (Lipinski definition) is 1. The zero-order valence-corrected chi connectivity index (χ0v) is 8.08. The normalized spacial score (nSPS) is 22.7. The number of piperidine rings is 1. The first kappa shape index (κ1) is 10.5. The molecular weight excluding hydrogens is 168 g/mol. The van der Waals surface area contributed by atoms with Crippen molar-refractivity contribution in [2.75, 3.05) is 26.2 Å². The molecule has 0 amide bonds. The summed E-state index contributed by atoms with van der Waals surface area (Å²) in [5.74, 6) is -0.173. The quantitative estimate of drug-likeness (QED) is 0.623. The zero-order chi connectivity index (χ0) is 9.52. The van der Waals surface area contributed by atoms with Crippen LogP contribution in [0.5, 0.6) is 0 Å². The van der Waals surface area contributed by atoms with E-state index in [9.17, 15) is 4.79 Å².